The molecule has 0 aromatic rings. The minimum atomic E-state index is -4.61. The highest BCUT2D eigenvalue weighted by Crippen LogP contribution is 2.44. The molecule has 1 saturated heterocycles. The van der Waals surface area contributed by atoms with Crippen molar-refractivity contribution in [3.05, 3.63) is 0 Å². The third-order valence-electron chi connectivity index (χ3n) is 2.36. The first-order valence-corrected chi connectivity index (χ1v) is 3.66. The molecule has 7 heteroatoms. The summed E-state index contributed by atoms with van der Waals surface area (Å²) in [7, 11) is 0. The van der Waals surface area contributed by atoms with E-state index in [0.29, 0.717) is 0 Å². The van der Waals surface area contributed by atoms with Crippen molar-refractivity contribution >= 4 is 0 Å². The molecule has 0 amide bonds. The number of hydroxylamine groups is 2. The molecule has 1 fully saturated rings. The van der Waals surface area contributed by atoms with Crippen molar-refractivity contribution in [1.82, 2.24) is 5.06 Å². The van der Waals surface area contributed by atoms with Gasteiger partial charge in [-0.05, 0) is 19.8 Å². The summed E-state index contributed by atoms with van der Waals surface area (Å²) >= 11 is 0. The maximum Gasteiger partial charge on any atom is 0.409 e. The Morgan fingerprint density at radius 3 is 2.38 bits per heavy atom. The predicted molar refractivity (Wildman–Crippen MR) is 33.7 cm³/mol. The molecular formula is C6H9F3NO3. The van der Waals surface area contributed by atoms with Crippen LogP contribution < -0.4 is 0 Å². The summed E-state index contributed by atoms with van der Waals surface area (Å²) in [5.74, 6) is 0. The molecule has 0 saturated carbocycles. The molecule has 1 heterocycles. The van der Waals surface area contributed by atoms with E-state index >= 15 is 0 Å². The van der Waals surface area contributed by atoms with E-state index in [1.54, 1.807) is 0 Å². The number of hydrogen-bond donors (Lipinski definition) is 1. The van der Waals surface area contributed by atoms with Gasteiger partial charge in [0.1, 0.15) is 5.54 Å². The van der Waals surface area contributed by atoms with Gasteiger partial charge in [0.15, 0.2) is 6.23 Å². The van der Waals surface area contributed by atoms with Gasteiger partial charge in [-0.1, -0.05) is 0 Å². The number of alkyl halides is 3. The zero-order valence-corrected chi connectivity index (χ0v) is 6.84. The van der Waals surface area contributed by atoms with E-state index < -0.39 is 17.9 Å². The maximum absolute atomic E-state index is 12.3. The van der Waals surface area contributed by atoms with E-state index in [4.69, 9.17) is 5.26 Å². The molecule has 2 unspecified atom stereocenters. The molecule has 1 N–H and O–H groups in total. The molecule has 4 nitrogen and oxygen atoms in total. The van der Waals surface area contributed by atoms with E-state index in [-0.39, 0.29) is 17.9 Å². The molecule has 0 aromatic heterocycles. The van der Waals surface area contributed by atoms with E-state index in [1.807, 2.05) is 0 Å². The molecule has 77 valence electrons. The zero-order chi connectivity index (χ0) is 10.3. The van der Waals surface area contributed by atoms with Gasteiger partial charge in [0, 0.05) is 0 Å². The Labute approximate surface area is 72.4 Å². The molecule has 1 radical (unpaired) electrons. The number of rotatable bonds is 1. The van der Waals surface area contributed by atoms with Gasteiger partial charge < -0.3 is 0 Å². The van der Waals surface area contributed by atoms with Gasteiger partial charge in [-0.25, -0.2) is 4.89 Å². The highest BCUT2D eigenvalue weighted by molar-refractivity contribution is 4.95. The molecular weight excluding hydrogens is 191 g/mol. The first-order chi connectivity index (χ1) is 5.83. The quantitative estimate of drug-likeness (QED) is 0.516. The lowest BCUT2D eigenvalue weighted by atomic mass is 10.00. The lowest BCUT2D eigenvalue weighted by molar-refractivity contribution is -0.402. The third-order valence-corrected chi connectivity index (χ3v) is 2.36. The fourth-order valence-corrected chi connectivity index (χ4v) is 1.31. The third kappa shape index (κ3) is 1.52. The van der Waals surface area contributed by atoms with E-state index in [1.165, 1.54) is 0 Å². The molecule has 1 aliphatic rings. The Hall–Kier alpha value is -0.370. The van der Waals surface area contributed by atoms with Crippen LogP contribution in [0, 0.1) is 0 Å². The van der Waals surface area contributed by atoms with Crippen LogP contribution in [0.5, 0.6) is 0 Å². The molecule has 0 aliphatic carbocycles. The zero-order valence-electron chi connectivity index (χ0n) is 6.84. The highest BCUT2D eigenvalue weighted by atomic mass is 19.4. The fourth-order valence-electron chi connectivity index (χ4n) is 1.31. The molecule has 0 spiro atoms. The SMILES string of the molecule is CC1(C(F)(F)F)CCC(OO)N1[O]. The number of hydrogen-bond acceptors (Lipinski definition) is 3. The first kappa shape index (κ1) is 10.7. The second kappa shape index (κ2) is 3.09. The Bertz CT molecular complexity index is 198. The smallest absolute Gasteiger partial charge is 0.250 e. The van der Waals surface area contributed by atoms with Crippen LogP contribution in [0.15, 0.2) is 0 Å². The second-order valence-corrected chi connectivity index (χ2v) is 3.20. The van der Waals surface area contributed by atoms with Crippen molar-refractivity contribution in [2.24, 2.45) is 0 Å². The van der Waals surface area contributed by atoms with Gasteiger partial charge in [0.05, 0.1) is 0 Å². The minimum absolute atomic E-state index is 0.129. The lowest BCUT2D eigenvalue weighted by Gasteiger charge is -2.31. The van der Waals surface area contributed by atoms with Crippen molar-refractivity contribution in [2.75, 3.05) is 0 Å². The van der Waals surface area contributed by atoms with Crippen LogP contribution in [-0.4, -0.2) is 28.3 Å². The maximum atomic E-state index is 12.3. The van der Waals surface area contributed by atoms with Crippen LogP contribution in [0.2, 0.25) is 0 Å². The second-order valence-electron chi connectivity index (χ2n) is 3.20. The van der Waals surface area contributed by atoms with Crippen molar-refractivity contribution in [2.45, 2.75) is 37.7 Å². The summed E-state index contributed by atoms with van der Waals surface area (Å²) in [5, 5.41) is 18.9. The van der Waals surface area contributed by atoms with Crippen molar-refractivity contribution in [3.8, 4) is 0 Å². The fraction of sp³-hybridized carbons (Fsp3) is 1.00. The molecule has 2 atom stereocenters. The molecule has 0 bridgehead atoms. The molecule has 1 aliphatic heterocycles. The van der Waals surface area contributed by atoms with Gasteiger partial charge in [0.25, 0.3) is 0 Å². The predicted octanol–water partition coefficient (Wildman–Crippen LogP) is 1.56. The summed E-state index contributed by atoms with van der Waals surface area (Å²) in [5.41, 5.74) is -2.44. The summed E-state index contributed by atoms with van der Waals surface area (Å²) < 4.78 is 37.0. The Balaban J connectivity index is 2.83. The van der Waals surface area contributed by atoms with E-state index in [9.17, 15) is 18.4 Å². The van der Waals surface area contributed by atoms with Crippen LogP contribution in [-0.2, 0) is 10.1 Å². The summed E-state index contributed by atoms with van der Waals surface area (Å²) in [6.45, 7) is 0.791. The highest BCUT2D eigenvalue weighted by Gasteiger charge is 2.61. The van der Waals surface area contributed by atoms with Gasteiger partial charge in [-0.2, -0.15) is 13.2 Å². The Kier molecular flexibility index (Phi) is 2.54. The van der Waals surface area contributed by atoms with Crippen molar-refractivity contribution < 1.29 is 28.5 Å². The topological polar surface area (TPSA) is 52.6 Å². The van der Waals surface area contributed by atoms with Crippen molar-refractivity contribution in [3.63, 3.8) is 0 Å². The van der Waals surface area contributed by atoms with Crippen molar-refractivity contribution in [1.29, 1.82) is 0 Å². The lowest BCUT2D eigenvalue weighted by Crippen LogP contribution is -2.53. The van der Waals surface area contributed by atoms with E-state index in [0.717, 1.165) is 6.92 Å². The summed E-state index contributed by atoms with van der Waals surface area (Å²) in [4.78, 5) is 3.63. The van der Waals surface area contributed by atoms with Gasteiger partial charge in [0.2, 0.25) is 0 Å². The normalized spacial score (nSPS) is 36.9. The van der Waals surface area contributed by atoms with Crippen LogP contribution in [0.1, 0.15) is 19.8 Å². The molecule has 0 aromatic carbocycles. The largest absolute Gasteiger partial charge is 0.409 e. The average molecular weight is 200 g/mol. The van der Waals surface area contributed by atoms with Gasteiger partial charge in [-0.3, -0.25) is 5.26 Å². The molecule has 13 heavy (non-hydrogen) atoms. The Morgan fingerprint density at radius 2 is 2.15 bits per heavy atom. The van der Waals surface area contributed by atoms with Crippen LogP contribution >= 0.6 is 0 Å². The summed E-state index contributed by atoms with van der Waals surface area (Å²) in [6.07, 6.45) is -6.52. The Morgan fingerprint density at radius 1 is 1.62 bits per heavy atom. The number of nitrogens with zero attached hydrogens (tertiary/aromatic N) is 1. The van der Waals surface area contributed by atoms with Crippen LogP contribution in [0.4, 0.5) is 13.2 Å². The monoisotopic (exact) mass is 200 g/mol. The van der Waals surface area contributed by atoms with E-state index in [2.05, 4.69) is 4.89 Å². The molecule has 1 rings (SSSR count). The standard InChI is InChI=1S/C6H9F3NO3/c1-5(6(7,8)9)3-2-4(13-12)10(5)11/h4,12H,2-3H2,1H3. The van der Waals surface area contributed by atoms with Gasteiger partial charge in [-0.15, -0.1) is 10.3 Å². The van der Waals surface area contributed by atoms with Crippen LogP contribution in [0.3, 0.4) is 0 Å². The number of halogens is 3. The van der Waals surface area contributed by atoms with Gasteiger partial charge >= 0.3 is 6.18 Å². The van der Waals surface area contributed by atoms with Crippen LogP contribution in [0.25, 0.3) is 0 Å². The minimum Gasteiger partial charge on any atom is -0.250 e. The summed E-state index contributed by atoms with van der Waals surface area (Å²) in [6, 6.07) is 0. The average Bonchev–Trinajstić information content (AvgIpc) is 2.29. The first-order valence-electron chi connectivity index (χ1n) is 3.66.